The molecule has 32 heavy (non-hydrogen) atoms. The van der Waals surface area contributed by atoms with Crippen LogP contribution in [0.2, 0.25) is 0 Å². The number of aliphatic hydroxyl groups excluding tert-OH is 2. The molecule has 0 radical (unpaired) electrons. The number of carbonyl (C=O) groups is 2. The second-order valence-corrected chi connectivity index (χ2v) is 11.3. The van der Waals surface area contributed by atoms with E-state index in [-0.39, 0.29) is 48.1 Å². The van der Waals surface area contributed by atoms with Gasteiger partial charge in [0.2, 0.25) is 11.6 Å². The number of hydrogen-bond donors (Lipinski definition) is 2. The lowest BCUT2D eigenvalue weighted by Gasteiger charge is -2.62. The van der Waals surface area contributed by atoms with E-state index in [0.29, 0.717) is 24.8 Å². The zero-order valence-corrected chi connectivity index (χ0v) is 19.2. The van der Waals surface area contributed by atoms with Gasteiger partial charge in [-0.2, -0.15) is 0 Å². The summed E-state index contributed by atoms with van der Waals surface area (Å²) in [6.07, 6.45) is 2.91. The summed E-state index contributed by atoms with van der Waals surface area (Å²) in [6.45, 7) is 5.51. The van der Waals surface area contributed by atoms with Crippen LogP contribution in [0, 0.1) is 34.5 Å². The summed E-state index contributed by atoms with van der Waals surface area (Å²) < 4.78 is 27.5. The van der Waals surface area contributed by atoms with Gasteiger partial charge in [0.05, 0.1) is 6.10 Å². The fourth-order valence-corrected chi connectivity index (χ4v) is 8.42. The Hall–Kier alpha value is -1.15. The molecule has 0 aromatic carbocycles. The van der Waals surface area contributed by atoms with Crippen LogP contribution in [0.3, 0.4) is 0 Å². The average Bonchev–Trinajstić information content (AvgIpc) is 3.04. The number of carbonyl (C=O) groups excluding carboxylic acids is 2. The van der Waals surface area contributed by atoms with Crippen molar-refractivity contribution < 1.29 is 33.7 Å². The molecule has 0 aromatic rings. The molecule has 5 aliphatic rings. The van der Waals surface area contributed by atoms with Crippen molar-refractivity contribution in [3.63, 3.8) is 0 Å². The third kappa shape index (κ3) is 2.90. The van der Waals surface area contributed by atoms with E-state index in [1.54, 1.807) is 0 Å². The highest BCUT2D eigenvalue weighted by Gasteiger charge is 2.68. The number of ketones is 2. The van der Waals surface area contributed by atoms with E-state index >= 15 is 4.39 Å². The van der Waals surface area contributed by atoms with Crippen molar-refractivity contribution in [2.75, 3.05) is 6.61 Å². The van der Waals surface area contributed by atoms with Crippen molar-refractivity contribution in [2.45, 2.75) is 90.1 Å². The Morgan fingerprint density at radius 2 is 2.00 bits per heavy atom. The van der Waals surface area contributed by atoms with Crippen molar-refractivity contribution in [3.05, 3.63) is 11.6 Å². The highest BCUT2D eigenvalue weighted by Crippen LogP contribution is 2.68. The molecule has 8 atom stereocenters. The van der Waals surface area contributed by atoms with Gasteiger partial charge >= 0.3 is 0 Å². The minimum absolute atomic E-state index is 0.0951. The van der Waals surface area contributed by atoms with Crippen LogP contribution in [0.15, 0.2) is 11.6 Å². The molecule has 2 N–H and O–H groups in total. The smallest absolute Gasteiger partial charge is 0.238 e. The Kier molecular flexibility index (Phi) is 5.25. The molecule has 6 nitrogen and oxygen atoms in total. The van der Waals surface area contributed by atoms with Crippen LogP contribution >= 0.6 is 0 Å². The lowest BCUT2D eigenvalue weighted by atomic mass is 9.45. The summed E-state index contributed by atoms with van der Waals surface area (Å²) in [5.74, 6) is -2.42. The second-order valence-electron chi connectivity index (χ2n) is 11.3. The monoisotopic (exact) mass is 450 g/mol. The Labute approximate surface area is 188 Å². The Morgan fingerprint density at radius 3 is 2.66 bits per heavy atom. The molecule has 1 saturated heterocycles. The number of ether oxygens (including phenoxy) is 2. The van der Waals surface area contributed by atoms with Crippen LogP contribution in [-0.2, 0) is 19.1 Å². The third-order valence-electron chi connectivity index (χ3n) is 9.64. The molecule has 0 aromatic heterocycles. The Bertz CT molecular complexity index is 849. The molecule has 0 unspecified atom stereocenters. The maximum absolute atomic E-state index is 15.6. The van der Waals surface area contributed by atoms with E-state index in [2.05, 4.69) is 0 Å². The van der Waals surface area contributed by atoms with Gasteiger partial charge in [0.25, 0.3) is 0 Å². The van der Waals surface area contributed by atoms with E-state index in [9.17, 15) is 19.8 Å². The molecular weight excluding hydrogens is 415 g/mol. The molecule has 4 fully saturated rings. The Morgan fingerprint density at radius 1 is 1.28 bits per heavy atom. The number of allylic oxidation sites excluding steroid dienone is 1. The first-order valence-corrected chi connectivity index (χ1v) is 12.2. The van der Waals surface area contributed by atoms with Crippen LogP contribution in [0.1, 0.15) is 65.7 Å². The zero-order valence-electron chi connectivity index (χ0n) is 19.2. The predicted molar refractivity (Wildman–Crippen MR) is 113 cm³/mol. The van der Waals surface area contributed by atoms with E-state index in [1.807, 2.05) is 20.8 Å². The van der Waals surface area contributed by atoms with Gasteiger partial charge in [-0.1, -0.05) is 27.2 Å². The van der Waals surface area contributed by atoms with E-state index < -0.39 is 41.8 Å². The first-order valence-electron chi connectivity index (χ1n) is 12.2. The summed E-state index contributed by atoms with van der Waals surface area (Å²) >= 11 is 0. The van der Waals surface area contributed by atoms with E-state index in [1.165, 1.54) is 6.08 Å². The number of hydrogen-bond acceptors (Lipinski definition) is 6. The molecule has 5 rings (SSSR count). The largest absolute Gasteiger partial charge is 0.393 e. The maximum atomic E-state index is 15.6. The highest BCUT2D eigenvalue weighted by atomic mass is 19.1. The summed E-state index contributed by atoms with van der Waals surface area (Å²) in [7, 11) is 0. The maximum Gasteiger partial charge on any atom is 0.238 e. The Balaban J connectivity index is 1.49. The van der Waals surface area contributed by atoms with Gasteiger partial charge in [-0.15, -0.1) is 0 Å². The van der Waals surface area contributed by atoms with Gasteiger partial charge in [0.1, 0.15) is 12.8 Å². The molecule has 1 heterocycles. The van der Waals surface area contributed by atoms with Crippen LogP contribution in [0.25, 0.3) is 0 Å². The first-order chi connectivity index (χ1) is 15.1. The summed E-state index contributed by atoms with van der Waals surface area (Å²) in [6, 6.07) is 0. The topological polar surface area (TPSA) is 93.1 Å². The van der Waals surface area contributed by atoms with E-state index in [4.69, 9.17) is 9.47 Å². The lowest BCUT2D eigenvalue weighted by molar-refractivity contribution is -0.437. The zero-order chi connectivity index (χ0) is 23.1. The third-order valence-corrected chi connectivity index (χ3v) is 9.64. The second kappa shape index (κ2) is 7.42. The summed E-state index contributed by atoms with van der Waals surface area (Å²) in [5.41, 5.74) is -0.743. The molecule has 1 spiro atoms. The number of aliphatic hydroxyl groups is 2. The SMILES string of the molecule is CCCC1OC2(C[C@@]3(C)C(=CC2=O)[C@@H](F)C[C@@H]2[C@@H]3[C@@H](O)C[C@]3(C)[C@@H](C(=O)CO)CC[C@@H]23)O1. The van der Waals surface area contributed by atoms with Gasteiger partial charge in [0.15, 0.2) is 12.1 Å². The summed E-state index contributed by atoms with van der Waals surface area (Å²) in [4.78, 5) is 25.4. The van der Waals surface area contributed by atoms with Crippen LogP contribution < -0.4 is 0 Å². The van der Waals surface area contributed by atoms with Crippen LogP contribution in [-0.4, -0.2) is 52.7 Å². The number of rotatable bonds is 4. The normalized spacial score (nSPS) is 52.0. The molecule has 7 heteroatoms. The molecule has 0 bridgehead atoms. The van der Waals surface area contributed by atoms with Crippen LogP contribution in [0.4, 0.5) is 4.39 Å². The molecule has 0 amide bonds. The molecule has 178 valence electrons. The van der Waals surface area contributed by atoms with Crippen molar-refractivity contribution in [3.8, 4) is 0 Å². The summed E-state index contributed by atoms with van der Waals surface area (Å²) in [5, 5.41) is 20.9. The van der Waals surface area contributed by atoms with Crippen molar-refractivity contribution in [1.29, 1.82) is 0 Å². The number of Topliss-reactive ketones (excluding diaryl/α,β-unsaturated/α-hetero) is 1. The van der Waals surface area contributed by atoms with Gasteiger partial charge < -0.3 is 19.7 Å². The molecule has 4 aliphatic carbocycles. The highest BCUT2D eigenvalue weighted by molar-refractivity contribution is 5.98. The number of fused-ring (bicyclic) bond motifs is 5. The standard InChI is InChI=1S/C25H35FO6/c1-4-5-21-31-25(32-21)12-24(3)16(9-20(25)30)17(26)8-13-14-6-7-15(19(29)11-27)23(14,2)10-18(28)22(13)24/h9,13-15,17-18,21-22,27-28H,4-8,10-12H2,1-3H3/t13-,14-,15+,17-,18-,21?,22+,23-,24-,25?/m0/s1. The first kappa shape index (κ1) is 22.6. The minimum atomic E-state index is -1.37. The van der Waals surface area contributed by atoms with Crippen LogP contribution in [0.5, 0.6) is 0 Å². The average molecular weight is 451 g/mol. The molecule has 3 saturated carbocycles. The lowest BCUT2D eigenvalue weighted by Crippen LogP contribution is -2.67. The van der Waals surface area contributed by atoms with Gasteiger partial charge in [-0.25, -0.2) is 4.39 Å². The van der Waals surface area contributed by atoms with E-state index in [0.717, 1.165) is 12.8 Å². The molecule has 1 aliphatic heterocycles. The van der Waals surface area contributed by atoms with Gasteiger partial charge in [-0.05, 0) is 66.9 Å². The van der Waals surface area contributed by atoms with Crippen molar-refractivity contribution in [2.24, 2.45) is 34.5 Å². The number of halogens is 1. The minimum Gasteiger partial charge on any atom is -0.393 e. The predicted octanol–water partition coefficient (Wildman–Crippen LogP) is 3.09. The fourth-order valence-electron chi connectivity index (χ4n) is 8.42. The number of alkyl halides is 1. The van der Waals surface area contributed by atoms with Gasteiger partial charge in [-0.3, -0.25) is 9.59 Å². The molecular formula is C25H35FO6. The quantitative estimate of drug-likeness (QED) is 0.684. The fraction of sp³-hybridized carbons (Fsp3) is 0.840. The van der Waals surface area contributed by atoms with Gasteiger partial charge in [0, 0.05) is 17.8 Å². The van der Waals surface area contributed by atoms with Crippen molar-refractivity contribution >= 4 is 11.6 Å². The van der Waals surface area contributed by atoms with Crippen molar-refractivity contribution in [1.82, 2.24) is 0 Å².